The maximum Gasteiger partial charge on any atom is 0.134 e. The third kappa shape index (κ3) is 4.20. The molecule has 0 amide bonds. The molecule has 2 heterocycles. The number of nitrogens with two attached hydrogens (primary N) is 1. The summed E-state index contributed by atoms with van der Waals surface area (Å²) in [4.78, 5) is 6.49. The van der Waals surface area contributed by atoms with E-state index in [1.807, 2.05) is 0 Å². The Morgan fingerprint density at radius 1 is 1.17 bits per heavy atom. The molecule has 0 aliphatic rings. The van der Waals surface area contributed by atoms with Crippen molar-refractivity contribution in [3.63, 3.8) is 0 Å². The fourth-order valence-corrected chi connectivity index (χ4v) is 3.61. The molecule has 0 fully saturated rings. The van der Waals surface area contributed by atoms with Crippen molar-refractivity contribution < 1.29 is 5.11 Å². The van der Waals surface area contributed by atoms with Crippen LogP contribution in [0.15, 0.2) is 54.7 Å². The van der Waals surface area contributed by atoms with Crippen LogP contribution in [0.4, 0.5) is 5.82 Å². The van der Waals surface area contributed by atoms with Gasteiger partial charge in [0.05, 0.1) is 0 Å². The van der Waals surface area contributed by atoms with E-state index in [9.17, 15) is 5.11 Å². The van der Waals surface area contributed by atoms with Crippen molar-refractivity contribution >= 4 is 17.2 Å². The van der Waals surface area contributed by atoms with E-state index in [4.69, 9.17) is 5.73 Å². The van der Waals surface area contributed by atoms with E-state index in [0.717, 1.165) is 6.42 Å². The molecule has 24 heavy (non-hydrogen) atoms. The lowest BCUT2D eigenvalue weighted by atomic mass is 10.1. The third-order valence-electron chi connectivity index (χ3n) is 3.81. The molecule has 0 saturated carbocycles. The van der Waals surface area contributed by atoms with Gasteiger partial charge in [-0.2, -0.15) is 0 Å². The number of hydrogen-bond acceptors (Lipinski definition) is 5. The molecule has 1 unspecified atom stereocenters. The Kier molecular flexibility index (Phi) is 5.25. The second-order valence-corrected chi connectivity index (χ2v) is 7.05. The van der Waals surface area contributed by atoms with E-state index < -0.39 is 6.23 Å². The average molecular weight is 339 g/mol. The van der Waals surface area contributed by atoms with Gasteiger partial charge >= 0.3 is 0 Å². The van der Waals surface area contributed by atoms with Crippen molar-refractivity contribution in [2.45, 2.75) is 26.1 Å². The van der Waals surface area contributed by atoms with Crippen LogP contribution in [-0.4, -0.2) is 10.1 Å². The van der Waals surface area contributed by atoms with E-state index in [0.29, 0.717) is 17.9 Å². The molecule has 0 spiro atoms. The van der Waals surface area contributed by atoms with Crippen molar-refractivity contribution in [3.05, 3.63) is 81.2 Å². The van der Waals surface area contributed by atoms with E-state index >= 15 is 0 Å². The van der Waals surface area contributed by atoms with Crippen molar-refractivity contribution in [2.24, 2.45) is 0 Å². The van der Waals surface area contributed by atoms with Crippen molar-refractivity contribution in [3.8, 4) is 0 Å². The van der Waals surface area contributed by atoms with Gasteiger partial charge in [0.2, 0.25) is 0 Å². The van der Waals surface area contributed by atoms with Crippen LogP contribution in [0.1, 0.15) is 32.7 Å². The van der Waals surface area contributed by atoms with Gasteiger partial charge in [0.15, 0.2) is 0 Å². The Morgan fingerprint density at radius 3 is 2.79 bits per heavy atom. The molecule has 0 radical (unpaired) electrons. The highest BCUT2D eigenvalue weighted by Gasteiger charge is 2.11. The molecule has 0 aliphatic carbocycles. The number of rotatable bonds is 6. The molecule has 3 aromatic rings. The summed E-state index contributed by atoms with van der Waals surface area (Å²) in [5, 5.41) is 13.3. The monoisotopic (exact) mass is 339 g/mol. The van der Waals surface area contributed by atoms with Crippen LogP contribution in [0.5, 0.6) is 0 Å². The molecular formula is C19H21N3OS. The number of anilines is 1. The van der Waals surface area contributed by atoms with Crippen LogP contribution in [0.3, 0.4) is 0 Å². The molecule has 0 bridgehead atoms. The standard InChI is InChI=1S/C19H21N3OS/c1-13-4-2-5-14(10-13)11-15-7-8-16(24-15)12-22-19(23)17-6-3-9-21-18(17)20/h2-10,19,22-23H,11-12H2,1H3,(H2,20,21). The van der Waals surface area contributed by atoms with Crippen LogP contribution in [-0.2, 0) is 13.0 Å². The second kappa shape index (κ2) is 7.57. The number of pyridine rings is 1. The summed E-state index contributed by atoms with van der Waals surface area (Å²) in [6, 6.07) is 16.4. The van der Waals surface area contributed by atoms with Gasteiger partial charge in [0, 0.05) is 34.5 Å². The fraction of sp³-hybridized carbons (Fsp3) is 0.211. The lowest BCUT2D eigenvalue weighted by molar-refractivity contribution is 0.138. The quantitative estimate of drug-likeness (QED) is 0.602. The number of aliphatic hydroxyl groups is 1. The minimum atomic E-state index is -0.818. The summed E-state index contributed by atoms with van der Waals surface area (Å²) in [5.74, 6) is 0.351. The predicted octanol–water partition coefficient (Wildman–Crippen LogP) is 3.41. The first-order valence-corrected chi connectivity index (χ1v) is 8.68. The maximum atomic E-state index is 10.2. The molecule has 0 saturated heterocycles. The number of benzene rings is 1. The van der Waals surface area contributed by atoms with Gasteiger partial charge in [-0.1, -0.05) is 29.8 Å². The van der Waals surface area contributed by atoms with Gasteiger partial charge in [-0.15, -0.1) is 11.3 Å². The summed E-state index contributed by atoms with van der Waals surface area (Å²) < 4.78 is 0. The number of aryl methyl sites for hydroxylation is 1. The van der Waals surface area contributed by atoms with Crippen LogP contribution in [0.25, 0.3) is 0 Å². The first-order valence-electron chi connectivity index (χ1n) is 7.87. The maximum absolute atomic E-state index is 10.2. The highest BCUT2D eigenvalue weighted by atomic mass is 32.1. The van der Waals surface area contributed by atoms with Crippen LogP contribution >= 0.6 is 11.3 Å². The van der Waals surface area contributed by atoms with Gasteiger partial charge in [-0.3, -0.25) is 5.32 Å². The van der Waals surface area contributed by atoms with Gasteiger partial charge in [-0.25, -0.2) is 4.98 Å². The zero-order valence-electron chi connectivity index (χ0n) is 13.6. The number of nitrogens with zero attached hydrogens (tertiary/aromatic N) is 1. The minimum absolute atomic E-state index is 0.351. The fourth-order valence-electron chi connectivity index (χ4n) is 2.60. The summed E-state index contributed by atoms with van der Waals surface area (Å²) in [6.45, 7) is 2.70. The lowest BCUT2D eigenvalue weighted by Gasteiger charge is -2.13. The van der Waals surface area contributed by atoms with Crippen LogP contribution in [0, 0.1) is 6.92 Å². The van der Waals surface area contributed by atoms with Gasteiger partial charge in [-0.05, 0) is 36.8 Å². The van der Waals surface area contributed by atoms with Gasteiger partial charge in [0.25, 0.3) is 0 Å². The third-order valence-corrected chi connectivity index (χ3v) is 4.90. The molecule has 0 aliphatic heterocycles. The first-order chi connectivity index (χ1) is 11.6. The Labute approximate surface area is 146 Å². The summed E-state index contributed by atoms with van der Waals surface area (Å²) in [7, 11) is 0. The molecule has 5 heteroatoms. The predicted molar refractivity (Wildman–Crippen MR) is 98.8 cm³/mol. The molecule has 4 nitrogen and oxygen atoms in total. The first kappa shape index (κ1) is 16.6. The SMILES string of the molecule is Cc1cccc(Cc2ccc(CNC(O)c3cccnc3N)s2)c1. The van der Waals surface area contributed by atoms with E-state index in [-0.39, 0.29) is 0 Å². The molecule has 3 rings (SSSR count). The Hall–Kier alpha value is -2.21. The lowest BCUT2D eigenvalue weighted by Crippen LogP contribution is -2.21. The van der Waals surface area contributed by atoms with Crippen molar-refractivity contribution in [1.82, 2.24) is 10.3 Å². The topological polar surface area (TPSA) is 71.2 Å². The molecule has 4 N–H and O–H groups in total. The Bertz CT molecular complexity index is 816. The average Bonchev–Trinajstić information content (AvgIpc) is 3.00. The smallest absolute Gasteiger partial charge is 0.134 e. The Morgan fingerprint density at radius 2 is 2.00 bits per heavy atom. The number of thiophene rings is 1. The van der Waals surface area contributed by atoms with Crippen LogP contribution < -0.4 is 11.1 Å². The van der Waals surface area contributed by atoms with Crippen LogP contribution in [0.2, 0.25) is 0 Å². The number of hydrogen-bond donors (Lipinski definition) is 3. The minimum Gasteiger partial charge on any atom is -0.383 e. The Balaban J connectivity index is 1.59. The number of nitrogens with one attached hydrogen (secondary N) is 1. The molecule has 124 valence electrons. The molecular weight excluding hydrogens is 318 g/mol. The van der Waals surface area contributed by atoms with Gasteiger partial charge in [0.1, 0.15) is 12.0 Å². The zero-order chi connectivity index (χ0) is 16.9. The van der Waals surface area contributed by atoms with E-state index in [2.05, 4.69) is 53.6 Å². The van der Waals surface area contributed by atoms with Gasteiger partial charge < -0.3 is 10.8 Å². The summed E-state index contributed by atoms with van der Waals surface area (Å²) in [5.41, 5.74) is 8.99. The molecule has 2 aromatic heterocycles. The number of nitrogen functional groups attached to an aromatic ring is 1. The van der Waals surface area contributed by atoms with E-state index in [1.165, 1.54) is 20.9 Å². The van der Waals surface area contributed by atoms with Crippen molar-refractivity contribution in [1.29, 1.82) is 0 Å². The number of aliphatic hydroxyl groups excluding tert-OH is 1. The highest BCUT2D eigenvalue weighted by Crippen LogP contribution is 2.22. The van der Waals surface area contributed by atoms with Crippen molar-refractivity contribution in [2.75, 3.05) is 5.73 Å². The molecule has 1 atom stereocenters. The largest absolute Gasteiger partial charge is 0.383 e. The summed E-state index contributed by atoms with van der Waals surface area (Å²) in [6.07, 6.45) is 1.73. The van der Waals surface area contributed by atoms with E-state index in [1.54, 1.807) is 29.7 Å². The molecule has 1 aromatic carbocycles. The highest BCUT2D eigenvalue weighted by molar-refractivity contribution is 7.12. The summed E-state index contributed by atoms with van der Waals surface area (Å²) >= 11 is 1.75. The second-order valence-electron chi connectivity index (χ2n) is 5.80. The number of aromatic nitrogens is 1. The zero-order valence-corrected chi connectivity index (χ0v) is 14.4. The normalized spacial score (nSPS) is 12.2.